The summed E-state index contributed by atoms with van der Waals surface area (Å²) in [6.07, 6.45) is 0. The van der Waals surface area contributed by atoms with Crippen LogP contribution in [0.1, 0.15) is 22.8 Å². The van der Waals surface area contributed by atoms with Gasteiger partial charge in [0.25, 0.3) is 5.91 Å². The second-order valence-corrected chi connectivity index (χ2v) is 5.73. The van der Waals surface area contributed by atoms with E-state index < -0.39 is 0 Å². The molecule has 1 aliphatic rings. The zero-order valence-electron chi connectivity index (χ0n) is 13.7. The van der Waals surface area contributed by atoms with Crippen LogP contribution in [0.5, 0.6) is 11.5 Å². The molecule has 0 unspecified atom stereocenters. The fourth-order valence-corrected chi connectivity index (χ4v) is 2.80. The molecule has 0 radical (unpaired) electrons. The maximum atomic E-state index is 12.5. The second kappa shape index (κ2) is 6.28. The van der Waals surface area contributed by atoms with Gasteiger partial charge in [-0.1, -0.05) is 36.4 Å². The Balaban J connectivity index is 1.57. The quantitative estimate of drug-likeness (QED) is 0.587. The van der Waals surface area contributed by atoms with Gasteiger partial charge < -0.3 is 9.47 Å². The Hall–Kier alpha value is -3.34. The van der Waals surface area contributed by atoms with Gasteiger partial charge in [0, 0.05) is 11.1 Å². The normalized spacial score (nSPS) is 13.1. The summed E-state index contributed by atoms with van der Waals surface area (Å²) >= 11 is 0. The smallest absolute Gasteiger partial charge is 0.272 e. The number of nitrogens with zero attached hydrogens (tertiary/aromatic N) is 1. The van der Waals surface area contributed by atoms with Crippen molar-refractivity contribution in [2.75, 3.05) is 6.79 Å². The first-order valence-electron chi connectivity index (χ1n) is 7.95. The molecule has 5 heteroatoms. The molecule has 0 spiro atoms. The third-order valence-electron chi connectivity index (χ3n) is 4.15. The molecule has 0 fully saturated rings. The van der Waals surface area contributed by atoms with Crippen LogP contribution < -0.4 is 14.9 Å². The lowest BCUT2D eigenvalue weighted by atomic mass is 10.0. The number of fused-ring (bicyclic) bond motifs is 2. The highest BCUT2D eigenvalue weighted by Gasteiger charge is 2.14. The predicted octanol–water partition coefficient (Wildman–Crippen LogP) is 3.72. The van der Waals surface area contributed by atoms with E-state index in [0.29, 0.717) is 17.0 Å². The van der Waals surface area contributed by atoms with Crippen molar-refractivity contribution < 1.29 is 14.3 Å². The maximum absolute atomic E-state index is 12.5. The Bertz CT molecular complexity index is 990. The molecule has 0 bridgehead atoms. The van der Waals surface area contributed by atoms with Crippen LogP contribution in [0.15, 0.2) is 65.8 Å². The van der Waals surface area contributed by atoms with Crippen molar-refractivity contribution in [2.45, 2.75) is 6.92 Å². The first kappa shape index (κ1) is 15.2. The minimum Gasteiger partial charge on any atom is -0.454 e. The van der Waals surface area contributed by atoms with Crippen molar-refractivity contribution in [1.82, 2.24) is 5.43 Å². The summed E-state index contributed by atoms with van der Waals surface area (Å²) in [5, 5.41) is 6.15. The van der Waals surface area contributed by atoms with Gasteiger partial charge in [0.2, 0.25) is 6.79 Å². The van der Waals surface area contributed by atoms with Crippen molar-refractivity contribution in [3.63, 3.8) is 0 Å². The largest absolute Gasteiger partial charge is 0.454 e. The second-order valence-electron chi connectivity index (χ2n) is 5.73. The van der Waals surface area contributed by atoms with E-state index in [1.54, 1.807) is 6.07 Å². The Morgan fingerprint density at radius 1 is 1.00 bits per heavy atom. The van der Waals surface area contributed by atoms with Gasteiger partial charge in [-0.25, -0.2) is 5.43 Å². The molecule has 0 saturated carbocycles. The fourth-order valence-electron chi connectivity index (χ4n) is 2.80. The number of nitrogens with one attached hydrogen (secondary N) is 1. The van der Waals surface area contributed by atoms with Crippen LogP contribution in [0.4, 0.5) is 0 Å². The Labute approximate surface area is 144 Å². The topological polar surface area (TPSA) is 59.9 Å². The molecule has 0 aliphatic carbocycles. The molecular weight excluding hydrogens is 316 g/mol. The van der Waals surface area contributed by atoms with Crippen LogP contribution in [-0.4, -0.2) is 18.4 Å². The monoisotopic (exact) mass is 332 g/mol. The average Bonchev–Trinajstić information content (AvgIpc) is 3.13. The van der Waals surface area contributed by atoms with Crippen LogP contribution in [0.3, 0.4) is 0 Å². The van der Waals surface area contributed by atoms with Gasteiger partial charge in [-0.2, -0.15) is 5.10 Å². The van der Waals surface area contributed by atoms with Crippen LogP contribution in [0.25, 0.3) is 10.8 Å². The summed E-state index contributed by atoms with van der Waals surface area (Å²) in [5.41, 5.74) is 4.78. The Morgan fingerprint density at radius 2 is 1.80 bits per heavy atom. The van der Waals surface area contributed by atoms with Crippen LogP contribution in [0.2, 0.25) is 0 Å². The van der Waals surface area contributed by atoms with Gasteiger partial charge >= 0.3 is 0 Å². The molecule has 1 amide bonds. The van der Waals surface area contributed by atoms with Gasteiger partial charge in [-0.15, -0.1) is 0 Å². The van der Waals surface area contributed by atoms with E-state index in [2.05, 4.69) is 10.5 Å². The van der Waals surface area contributed by atoms with Crippen molar-refractivity contribution in [2.24, 2.45) is 5.10 Å². The van der Waals surface area contributed by atoms with Crippen LogP contribution >= 0.6 is 0 Å². The highest BCUT2D eigenvalue weighted by Crippen LogP contribution is 2.32. The van der Waals surface area contributed by atoms with E-state index in [4.69, 9.17) is 9.47 Å². The molecule has 1 aliphatic heterocycles. The molecule has 0 aromatic heterocycles. The SMILES string of the molecule is CC(=NNC(=O)c1cccc2ccccc12)c1ccc2c(c1)OCO2. The van der Waals surface area contributed by atoms with Gasteiger partial charge in [0.1, 0.15) is 0 Å². The van der Waals surface area contributed by atoms with Gasteiger partial charge in [0.05, 0.1) is 5.71 Å². The minimum atomic E-state index is -0.239. The van der Waals surface area contributed by atoms with Crippen LogP contribution in [0, 0.1) is 0 Å². The number of carbonyl (C=O) groups excluding carboxylic acids is 1. The summed E-state index contributed by atoms with van der Waals surface area (Å²) < 4.78 is 10.7. The molecule has 3 aromatic carbocycles. The average molecular weight is 332 g/mol. The molecule has 1 heterocycles. The minimum absolute atomic E-state index is 0.229. The summed E-state index contributed by atoms with van der Waals surface area (Å²) in [5.74, 6) is 1.17. The standard InChI is InChI=1S/C20H16N2O3/c1-13(15-9-10-18-19(11-15)25-12-24-18)21-22-20(23)17-8-4-6-14-5-2-3-7-16(14)17/h2-11H,12H2,1H3,(H,22,23). The number of hydrogen-bond donors (Lipinski definition) is 1. The lowest BCUT2D eigenvalue weighted by Crippen LogP contribution is -2.19. The van der Waals surface area contributed by atoms with E-state index in [1.807, 2.05) is 61.5 Å². The molecule has 0 atom stereocenters. The number of carbonyl (C=O) groups is 1. The summed E-state index contributed by atoms with van der Waals surface area (Å²) in [6.45, 7) is 2.06. The van der Waals surface area contributed by atoms with Crippen molar-refractivity contribution in [3.05, 3.63) is 71.8 Å². The molecule has 5 nitrogen and oxygen atoms in total. The molecule has 0 saturated heterocycles. The third kappa shape index (κ3) is 2.92. The molecule has 1 N–H and O–H groups in total. The predicted molar refractivity (Wildman–Crippen MR) is 96.2 cm³/mol. The zero-order chi connectivity index (χ0) is 17.2. The zero-order valence-corrected chi connectivity index (χ0v) is 13.7. The molecule has 124 valence electrons. The van der Waals surface area contributed by atoms with Crippen LogP contribution in [-0.2, 0) is 0 Å². The van der Waals surface area contributed by atoms with Gasteiger partial charge in [-0.05, 0) is 42.0 Å². The van der Waals surface area contributed by atoms with Crippen molar-refractivity contribution >= 4 is 22.4 Å². The lowest BCUT2D eigenvalue weighted by molar-refractivity contribution is 0.0956. The number of rotatable bonds is 3. The van der Waals surface area contributed by atoms with E-state index in [-0.39, 0.29) is 12.7 Å². The van der Waals surface area contributed by atoms with Crippen molar-refractivity contribution in [3.8, 4) is 11.5 Å². The number of amides is 1. The fraction of sp³-hybridized carbons (Fsp3) is 0.100. The van der Waals surface area contributed by atoms with E-state index >= 15 is 0 Å². The summed E-state index contributed by atoms with van der Waals surface area (Å²) in [4.78, 5) is 12.5. The lowest BCUT2D eigenvalue weighted by Gasteiger charge is -2.06. The van der Waals surface area contributed by atoms with Gasteiger partial charge in [0.15, 0.2) is 11.5 Å². The summed E-state index contributed by atoms with van der Waals surface area (Å²) in [7, 11) is 0. The summed E-state index contributed by atoms with van der Waals surface area (Å²) in [6, 6.07) is 19.0. The maximum Gasteiger partial charge on any atom is 0.272 e. The van der Waals surface area contributed by atoms with E-state index in [9.17, 15) is 4.79 Å². The Kier molecular flexibility index (Phi) is 3.82. The van der Waals surface area contributed by atoms with Gasteiger partial charge in [-0.3, -0.25) is 4.79 Å². The molecule has 4 rings (SSSR count). The first-order valence-corrected chi connectivity index (χ1v) is 7.95. The van der Waals surface area contributed by atoms with Crippen molar-refractivity contribution in [1.29, 1.82) is 0 Å². The molecular formula is C20H16N2O3. The molecule has 25 heavy (non-hydrogen) atoms. The number of benzene rings is 3. The number of hydrogen-bond acceptors (Lipinski definition) is 4. The Morgan fingerprint density at radius 3 is 2.72 bits per heavy atom. The van der Waals surface area contributed by atoms with E-state index in [0.717, 1.165) is 22.1 Å². The van der Waals surface area contributed by atoms with E-state index in [1.165, 1.54) is 0 Å². The number of ether oxygens (including phenoxy) is 2. The third-order valence-corrected chi connectivity index (χ3v) is 4.15. The molecule has 3 aromatic rings. The first-order chi connectivity index (χ1) is 12.2. The highest BCUT2D eigenvalue weighted by atomic mass is 16.7. The highest BCUT2D eigenvalue weighted by molar-refractivity contribution is 6.08. The number of hydrazone groups is 1.